The second kappa shape index (κ2) is 4.72. The zero-order valence-corrected chi connectivity index (χ0v) is 11.8. The van der Waals surface area contributed by atoms with E-state index in [1.165, 1.54) is 16.4 Å². The number of hydrogen-bond acceptors (Lipinski definition) is 4. The second-order valence-corrected chi connectivity index (χ2v) is 6.85. The van der Waals surface area contributed by atoms with Crippen LogP contribution in [-0.4, -0.2) is 48.4 Å². The maximum Gasteiger partial charge on any atom is 0.323 e. The molecule has 1 saturated heterocycles. The number of sulfonamides is 1. The number of hydrogen-bond donors (Lipinski definition) is 3. The Morgan fingerprint density at radius 1 is 1.25 bits per heavy atom. The quantitative estimate of drug-likeness (QED) is 0.717. The van der Waals surface area contributed by atoms with Gasteiger partial charge in [0, 0.05) is 25.7 Å². The molecular weight excluding hydrogens is 280 g/mol. The molecule has 2 heterocycles. The Kier molecular flexibility index (Phi) is 3.15. The van der Waals surface area contributed by atoms with Crippen molar-refractivity contribution in [3.8, 4) is 0 Å². The van der Waals surface area contributed by atoms with Crippen molar-refractivity contribution in [2.75, 3.05) is 19.6 Å². The van der Waals surface area contributed by atoms with E-state index >= 15 is 0 Å². The zero-order chi connectivity index (χ0) is 14.3. The van der Waals surface area contributed by atoms with Crippen molar-refractivity contribution in [2.24, 2.45) is 0 Å². The lowest BCUT2D eigenvalue weighted by atomic mass is 10.3. The van der Waals surface area contributed by atoms with E-state index in [2.05, 4.69) is 15.3 Å². The fourth-order valence-corrected chi connectivity index (χ4v) is 4.14. The zero-order valence-electron chi connectivity index (χ0n) is 11.0. The van der Waals surface area contributed by atoms with E-state index in [4.69, 9.17) is 0 Å². The molecule has 0 aliphatic carbocycles. The van der Waals surface area contributed by atoms with Gasteiger partial charge in [0.05, 0.1) is 15.9 Å². The summed E-state index contributed by atoms with van der Waals surface area (Å²) in [4.78, 5) is 16.6. The number of rotatable bonds is 2. The van der Waals surface area contributed by atoms with Crippen LogP contribution in [0.2, 0.25) is 0 Å². The van der Waals surface area contributed by atoms with E-state index in [0.717, 1.165) is 0 Å². The van der Waals surface area contributed by atoms with E-state index in [1.807, 2.05) is 6.92 Å². The standard InChI is InChI=1S/C12H16N4O3S/c1-8-7-13-4-5-16(8)20(18,19)9-2-3-10-11(6-9)15-12(17)14-10/h2-3,6,8,13H,4-5,7H2,1H3,(H2,14,15,17)/t8-/m1/s1. The molecule has 20 heavy (non-hydrogen) atoms. The number of fused-ring (bicyclic) bond motifs is 1. The van der Waals surface area contributed by atoms with Gasteiger partial charge in [0.15, 0.2) is 0 Å². The molecule has 8 heteroatoms. The van der Waals surface area contributed by atoms with Crippen LogP contribution in [-0.2, 0) is 10.0 Å². The van der Waals surface area contributed by atoms with Crippen molar-refractivity contribution < 1.29 is 8.42 Å². The maximum atomic E-state index is 12.6. The summed E-state index contributed by atoms with van der Waals surface area (Å²) >= 11 is 0. The van der Waals surface area contributed by atoms with Crippen molar-refractivity contribution in [2.45, 2.75) is 17.9 Å². The van der Waals surface area contributed by atoms with Crippen LogP contribution in [0, 0.1) is 0 Å². The summed E-state index contributed by atoms with van der Waals surface area (Å²) in [5.74, 6) is 0. The molecule has 1 aromatic carbocycles. The number of aromatic amines is 2. The lowest BCUT2D eigenvalue weighted by Crippen LogP contribution is -2.52. The van der Waals surface area contributed by atoms with Crippen molar-refractivity contribution in [3.05, 3.63) is 28.7 Å². The monoisotopic (exact) mass is 296 g/mol. The molecule has 7 nitrogen and oxygen atoms in total. The third kappa shape index (κ3) is 2.15. The van der Waals surface area contributed by atoms with Gasteiger partial charge in [0.25, 0.3) is 0 Å². The van der Waals surface area contributed by atoms with Gasteiger partial charge in [0.2, 0.25) is 10.0 Å². The molecule has 0 spiro atoms. The lowest BCUT2D eigenvalue weighted by molar-refractivity contribution is 0.284. The fourth-order valence-electron chi connectivity index (χ4n) is 2.49. The lowest BCUT2D eigenvalue weighted by Gasteiger charge is -2.32. The number of piperazine rings is 1. The van der Waals surface area contributed by atoms with Gasteiger partial charge in [-0.3, -0.25) is 0 Å². The van der Waals surface area contributed by atoms with Gasteiger partial charge >= 0.3 is 5.69 Å². The van der Waals surface area contributed by atoms with Crippen molar-refractivity contribution in [1.82, 2.24) is 19.6 Å². The molecule has 1 aromatic heterocycles. The first kappa shape index (κ1) is 13.3. The van der Waals surface area contributed by atoms with Crippen LogP contribution in [0.1, 0.15) is 6.92 Å². The summed E-state index contributed by atoms with van der Waals surface area (Å²) in [5, 5.41) is 3.16. The third-order valence-corrected chi connectivity index (χ3v) is 5.54. The van der Waals surface area contributed by atoms with Crippen molar-refractivity contribution in [3.63, 3.8) is 0 Å². The molecule has 108 valence electrons. The predicted molar refractivity (Wildman–Crippen MR) is 75.1 cm³/mol. The Morgan fingerprint density at radius 3 is 2.75 bits per heavy atom. The van der Waals surface area contributed by atoms with E-state index in [9.17, 15) is 13.2 Å². The minimum Gasteiger partial charge on any atom is -0.314 e. The Balaban J connectivity index is 2.05. The summed E-state index contributed by atoms with van der Waals surface area (Å²) in [6, 6.07) is 4.54. The number of imidazole rings is 1. The van der Waals surface area contributed by atoms with Crippen molar-refractivity contribution in [1.29, 1.82) is 0 Å². The molecule has 3 rings (SSSR count). The molecule has 1 aliphatic heterocycles. The van der Waals surface area contributed by atoms with Crippen LogP contribution in [0.5, 0.6) is 0 Å². The molecule has 0 saturated carbocycles. The van der Waals surface area contributed by atoms with Crippen LogP contribution in [0.15, 0.2) is 27.9 Å². The summed E-state index contributed by atoms with van der Waals surface area (Å²) in [5.41, 5.74) is 0.756. The Morgan fingerprint density at radius 2 is 2.00 bits per heavy atom. The molecule has 0 bridgehead atoms. The molecule has 0 unspecified atom stereocenters. The average Bonchev–Trinajstić information content (AvgIpc) is 2.78. The van der Waals surface area contributed by atoms with Gasteiger partial charge < -0.3 is 15.3 Å². The summed E-state index contributed by atoms with van der Waals surface area (Å²) in [6.45, 7) is 3.61. The van der Waals surface area contributed by atoms with Gasteiger partial charge in [-0.15, -0.1) is 0 Å². The summed E-state index contributed by atoms with van der Waals surface area (Å²) in [6.07, 6.45) is 0. The fraction of sp³-hybridized carbons (Fsp3) is 0.417. The highest BCUT2D eigenvalue weighted by atomic mass is 32.2. The molecular formula is C12H16N4O3S. The normalized spacial score (nSPS) is 21.4. The molecule has 1 fully saturated rings. The van der Waals surface area contributed by atoms with Gasteiger partial charge in [-0.05, 0) is 25.1 Å². The molecule has 0 amide bonds. The Bertz CT molecular complexity index is 792. The number of nitrogens with zero attached hydrogens (tertiary/aromatic N) is 1. The smallest absolute Gasteiger partial charge is 0.314 e. The van der Waals surface area contributed by atoms with Gasteiger partial charge in [0.1, 0.15) is 0 Å². The first-order valence-corrected chi connectivity index (χ1v) is 7.87. The number of benzene rings is 1. The predicted octanol–water partition coefficient (Wildman–Crippen LogP) is -0.161. The number of H-pyrrole nitrogens is 2. The van der Waals surface area contributed by atoms with Gasteiger partial charge in [-0.2, -0.15) is 4.31 Å². The largest absolute Gasteiger partial charge is 0.323 e. The van der Waals surface area contributed by atoms with E-state index in [-0.39, 0.29) is 16.6 Å². The number of aromatic nitrogens is 2. The first-order chi connectivity index (χ1) is 9.48. The van der Waals surface area contributed by atoms with Crippen LogP contribution in [0.3, 0.4) is 0 Å². The average molecular weight is 296 g/mol. The SMILES string of the molecule is C[C@@H]1CNCCN1S(=O)(=O)c1ccc2[nH]c(=O)[nH]c2c1. The van der Waals surface area contributed by atoms with Crippen LogP contribution >= 0.6 is 0 Å². The van der Waals surface area contributed by atoms with E-state index in [0.29, 0.717) is 30.7 Å². The van der Waals surface area contributed by atoms with Crippen molar-refractivity contribution >= 4 is 21.1 Å². The third-order valence-electron chi connectivity index (χ3n) is 3.53. The van der Waals surface area contributed by atoms with E-state index in [1.54, 1.807) is 6.07 Å². The van der Waals surface area contributed by atoms with Gasteiger partial charge in [-0.25, -0.2) is 13.2 Å². The maximum absolute atomic E-state index is 12.6. The second-order valence-electron chi connectivity index (χ2n) is 4.96. The molecule has 1 atom stereocenters. The highest BCUT2D eigenvalue weighted by molar-refractivity contribution is 7.89. The molecule has 3 N–H and O–H groups in total. The Labute approximate surface area is 116 Å². The highest BCUT2D eigenvalue weighted by Crippen LogP contribution is 2.21. The Hall–Kier alpha value is -1.64. The molecule has 1 aliphatic rings. The molecule has 2 aromatic rings. The first-order valence-electron chi connectivity index (χ1n) is 6.43. The number of nitrogens with one attached hydrogen (secondary N) is 3. The van der Waals surface area contributed by atoms with Crippen LogP contribution in [0.4, 0.5) is 0 Å². The van der Waals surface area contributed by atoms with E-state index < -0.39 is 10.0 Å². The molecule has 0 radical (unpaired) electrons. The van der Waals surface area contributed by atoms with Crippen LogP contribution in [0.25, 0.3) is 11.0 Å². The highest BCUT2D eigenvalue weighted by Gasteiger charge is 2.31. The van der Waals surface area contributed by atoms with Gasteiger partial charge in [-0.1, -0.05) is 0 Å². The van der Waals surface area contributed by atoms with Crippen LogP contribution < -0.4 is 11.0 Å². The topological polar surface area (TPSA) is 98.1 Å². The minimum atomic E-state index is -3.54. The summed E-state index contributed by atoms with van der Waals surface area (Å²) in [7, 11) is -3.54. The summed E-state index contributed by atoms with van der Waals surface area (Å²) < 4.78 is 26.8. The minimum absolute atomic E-state index is 0.0882.